The van der Waals surface area contributed by atoms with Gasteiger partial charge in [0.15, 0.2) is 0 Å². The highest BCUT2D eigenvalue weighted by Gasteiger charge is 2.30. The summed E-state index contributed by atoms with van der Waals surface area (Å²) in [4.78, 5) is 12.0. The van der Waals surface area contributed by atoms with E-state index in [1.807, 2.05) is 18.2 Å². The van der Waals surface area contributed by atoms with Gasteiger partial charge in [-0.05, 0) is 36.8 Å². The molecule has 1 aromatic rings. The Kier molecular flexibility index (Phi) is 2.87. The van der Waals surface area contributed by atoms with Crippen LogP contribution in [0.5, 0.6) is 0 Å². The highest BCUT2D eigenvalue weighted by Crippen LogP contribution is 2.30. The quantitative estimate of drug-likeness (QED) is 0.788. The summed E-state index contributed by atoms with van der Waals surface area (Å²) in [5, 5.41) is 3.20. The lowest BCUT2D eigenvalue weighted by Gasteiger charge is -2.34. The Hall–Kier alpha value is -1.31. The standard InChI is InChI=1S/C15H19NO/c17-15-13-9-5-4-8-12(13)10-14(16-15)11-6-2-1-3-7-11/h4-5,8-9,11,14H,1-3,6-7,10H2,(H,16,17). The van der Waals surface area contributed by atoms with Gasteiger partial charge in [-0.15, -0.1) is 0 Å². The van der Waals surface area contributed by atoms with E-state index in [-0.39, 0.29) is 5.91 Å². The molecule has 1 atom stereocenters. The van der Waals surface area contributed by atoms with Gasteiger partial charge >= 0.3 is 0 Å². The molecule has 17 heavy (non-hydrogen) atoms. The van der Waals surface area contributed by atoms with Crippen LogP contribution in [-0.2, 0) is 6.42 Å². The average Bonchev–Trinajstić information content (AvgIpc) is 2.40. The Labute approximate surface area is 102 Å². The summed E-state index contributed by atoms with van der Waals surface area (Å²) in [6.45, 7) is 0. The summed E-state index contributed by atoms with van der Waals surface area (Å²) in [5.41, 5.74) is 2.10. The fourth-order valence-corrected chi connectivity index (χ4v) is 3.27. The molecule has 2 heteroatoms. The van der Waals surface area contributed by atoms with Crippen LogP contribution in [0.15, 0.2) is 24.3 Å². The van der Waals surface area contributed by atoms with E-state index in [1.165, 1.54) is 37.7 Å². The first-order valence-corrected chi connectivity index (χ1v) is 6.73. The average molecular weight is 229 g/mol. The van der Waals surface area contributed by atoms with Gasteiger partial charge < -0.3 is 5.32 Å². The Morgan fingerprint density at radius 1 is 1.06 bits per heavy atom. The molecule has 1 amide bonds. The number of hydrogen-bond donors (Lipinski definition) is 1. The maximum atomic E-state index is 12.0. The van der Waals surface area contributed by atoms with Gasteiger partial charge in [-0.1, -0.05) is 37.5 Å². The van der Waals surface area contributed by atoms with Crippen molar-refractivity contribution >= 4 is 5.91 Å². The first-order valence-electron chi connectivity index (χ1n) is 6.73. The smallest absolute Gasteiger partial charge is 0.251 e. The van der Waals surface area contributed by atoms with Crippen LogP contribution in [0.4, 0.5) is 0 Å². The third-order valence-electron chi connectivity index (χ3n) is 4.24. The molecule has 0 aromatic heterocycles. The second-order valence-corrected chi connectivity index (χ2v) is 5.34. The topological polar surface area (TPSA) is 29.1 Å². The van der Waals surface area contributed by atoms with Gasteiger partial charge in [-0.25, -0.2) is 0 Å². The molecule has 1 aromatic carbocycles. The lowest BCUT2D eigenvalue weighted by Crippen LogP contribution is -2.46. The van der Waals surface area contributed by atoms with E-state index in [0.29, 0.717) is 12.0 Å². The zero-order chi connectivity index (χ0) is 11.7. The van der Waals surface area contributed by atoms with Crippen LogP contribution >= 0.6 is 0 Å². The largest absolute Gasteiger partial charge is 0.349 e. The molecule has 1 aliphatic heterocycles. The molecule has 1 unspecified atom stereocenters. The van der Waals surface area contributed by atoms with Crippen LogP contribution in [-0.4, -0.2) is 11.9 Å². The van der Waals surface area contributed by atoms with Crippen molar-refractivity contribution in [1.82, 2.24) is 5.32 Å². The molecule has 0 spiro atoms. The van der Waals surface area contributed by atoms with E-state index in [1.54, 1.807) is 0 Å². The van der Waals surface area contributed by atoms with Crippen molar-refractivity contribution in [1.29, 1.82) is 0 Å². The second kappa shape index (κ2) is 4.52. The molecule has 0 bridgehead atoms. The molecular formula is C15H19NO. The van der Waals surface area contributed by atoms with Gasteiger partial charge in [0.05, 0.1) is 0 Å². The van der Waals surface area contributed by atoms with Crippen LogP contribution in [0.1, 0.15) is 48.0 Å². The molecule has 1 N–H and O–H groups in total. The zero-order valence-electron chi connectivity index (χ0n) is 10.1. The van der Waals surface area contributed by atoms with Crippen LogP contribution in [0.2, 0.25) is 0 Å². The molecule has 1 heterocycles. The minimum Gasteiger partial charge on any atom is -0.349 e. The molecule has 2 aliphatic rings. The number of hydrogen-bond acceptors (Lipinski definition) is 1. The van der Waals surface area contributed by atoms with Crippen molar-refractivity contribution in [3.8, 4) is 0 Å². The van der Waals surface area contributed by atoms with Gasteiger partial charge in [-0.2, -0.15) is 0 Å². The summed E-state index contributed by atoms with van der Waals surface area (Å²) in [5.74, 6) is 0.823. The van der Waals surface area contributed by atoms with Gasteiger partial charge in [0.1, 0.15) is 0 Å². The van der Waals surface area contributed by atoms with Gasteiger partial charge in [0, 0.05) is 11.6 Å². The number of benzene rings is 1. The lowest BCUT2D eigenvalue weighted by molar-refractivity contribution is 0.0897. The van der Waals surface area contributed by atoms with E-state index < -0.39 is 0 Å². The minimum atomic E-state index is 0.127. The summed E-state index contributed by atoms with van der Waals surface area (Å²) in [6.07, 6.45) is 7.62. The first kappa shape index (κ1) is 10.8. The van der Waals surface area contributed by atoms with E-state index >= 15 is 0 Å². The van der Waals surface area contributed by atoms with Crippen molar-refractivity contribution < 1.29 is 4.79 Å². The Bertz CT molecular complexity index is 421. The van der Waals surface area contributed by atoms with Gasteiger partial charge in [-0.3, -0.25) is 4.79 Å². The van der Waals surface area contributed by atoms with Crippen LogP contribution < -0.4 is 5.32 Å². The predicted molar refractivity (Wildman–Crippen MR) is 68.0 cm³/mol. The zero-order valence-corrected chi connectivity index (χ0v) is 10.1. The number of carbonyl (C=O) groups excluding carboxylic acids is 1. The normalized spacial score (nSPS) is 25.2. The van der Waals surface area contributed by atoms with Crippen molar-refractivity contribution in [3.05, 3.63) is 35.4 Å². The number of amides is 1. The fraction of sp³-hybridized carbons (Fsp3) is 0.533. The van der Waals surface area contributed by atoms with Crippen molar-refractivity contribution in [3.63, 3.8) is 0 Å². The molecule has 0 saturated heterocycles. The predicted octanol–water partition coefficient (Wildman–Crippen LogP) is 2.92. The molecule has 1 aliphatic carbocycles. The Balaban J connectivity index is 1.80. The Morgan fingerprint density at radius 2 is 1.82 bits per heavy atom. The Morgan fingerprint density at radius 3 is 2.65 bits per heavy atom. The lowest BCUT2D eigenvalue weighted by atomic mass is 9.79. The monoisotopic (exact) mass is 229 g/mol. The van der Waals surface area contributed by atoms with Crippen LogP contribution in [0, 0.1) is 5.92 Å². The van der Waals surface area contributed by atoms with E-state index in [0.717, 1.165) is 12.0 Å². The molecule has 1 fully saturated rings. The molecule has 0 radical (unpaired) electrons. The number of fused-ring (bicyclic) bond motifs is 1. The molecular weight excluding hydrogens is 210 g/mol. The van der Waals surface area contributed by atoms with E-state index in [9.17, 15) is 4.79 Å². The first-order chi connectivity index (χ1) is 8.34. The van der Waals surface area contributed by atoms with E-state index in [2.05, 4.69) is 11.4 Å². The van der Waals surface area contributed by atoms with Gasteiger partial charge in [0.2, 0.25) is 0 Å². The minimum absolute atomic E-state index is 0.127. The summed E-state index contributed by atoms with van der Waals surface area (Å²) in [7, 11) is 0. The molecule has 2 nitrogen and oxygen atoms in total. The third kappa shape index (κ3) is 2.08. The van der Waals surface area contributed by atoms with E-state index in [4.69, 9.17) is 0 Å². The molecule has 90 valence electrons. The fourth-order valence-electron chi connectivity index (χ4n) is 3.27. The third-order valence-corrected chi connectivity index (χ3v) is 4.24. The molecule has 1 saturated carbocycles. The summed E-state index contributed by atoms with van der Waals surface area (Å²) >= 11 is 0. The van der Waals surface area contributed by atoms with Crippen LogP contribution in [0.3, 0.4) is 0 Å². The number of carbonyl (C=O) groups is 1. The van der Waals surface area contributed by atoms with Crippen molar-refractivity contribution in [2.45, 2.75) is 44.6 Å². The molecule has 3 rings (SSSR count). The number of rotatable bonds is 1. The van der Waals surface area contributed by atoms with Crippen molar-refractivity contribution in [2.24, 2.45) is 5.92 Å². The second-order valence-electron chi connectivity index (χ2n) is 5.34. The maximum absolute atomic E-state index is 12.0. The maximum Gasteiger partial charge on any atom is 0.251 e. The summed E-state index contributed by atoms with van der Waals surface area (Å²) in [6, 6.07) is 8.39. The highest BCUT2D eigenvalue weighted by molar-refractivity contribution is 5.97. The number of nitrogens with one attached hydrogen (secondary N) is 1. The SMILES string of the molecule is O=C1NC(C2CCCCC2)Cc2ccccc21. The van der Waals surface area contributed by atoms with Crippen LogP contribution in [0.25, 0.3) is 0 Å². The van der Waals surface area contributed by atoms with Crippen molar-refractivity contribution in [2.75, 3.05) is 0 Å². The summed E-state index contributed by atoms with van der Waals surface area (Å²) < 4.78 is 0. The van der Waals surface area contributed by atoms with Gasteiger partial charge in [0.25, 0.3) is 5.91 Å². The highest BCUT2D eigenvalue weighted by atomic mass is 16.1.